The van der Waals surface area contributed by atoms with Crippen molar-refractivity contribution in [2.45, 2.75) is 25.3 Å². The summed E-state index contributed by atoms with van der Waals surface area (Å²) in [6.45, 7) is 5.75. The highest BCUT2D eigenvalue weighted by atomic mass is 16.5. The van der Waals surface area contributed by atoms with Crippen LogP contribution in [0, 0.1) is 0 Å². The van der Waals surface area contributed by atoms with Gasteiger partial charge in [-0.25, -0.2) is 0 Å². The maximum absolute atomic E-state index is 12.8. The zero-order valence-corrected chi connectivity index (χ0v) is 15.9. The molecular formula is C20H27N5O2. The molecule has 0 spiro atoms. The fourth-order valence-corrected chi connectivity index (χ4v) is 3.96. The van der Waals surface area contributed by atoms with Gasteiger partial charge in [0.15, 0.2) is 0 Å². The molecule has 1 aromatic heterocycles. The summed E-state index contributed by atoms with van der Waals surface area (Å²) >= 11 is 0. The molecule has 7 nitrogen and oxygen atoms in total. The first kappa shape index (κ1) is 18.1. The number of nitrogens with zero attached hydrogens (tertiary/aromatic N) is 5. The van der Waals surface area contributed by atoms with Gasteiger partial charge in [0, 0.05) is 44.7 Å². The molecule has 7 heteroatoms. The van der Waals surface area contributed by atoms with E-state index in [0.29, 0.717) is 6.54 Å². The summed E-state index contributed by atoms with van der Waals surface area (Å²) in [4.78, 5) is 17.1. The van der Waals surface area contributed by atoms with Crippen LogP contribution in [0.3, 0.4) is 0 Å². The lowest BCUT2D eigenvalue weighted by Crippen LogP contribution is -2.39. The highest BCUT2D eigenvalue weighted by molar-refractivity contribution is 5.94. The molecule has 2 saturated heterocycles. The van der Waals surface area contributed by atoms with E-state index in [9.17, 15) is 4.79 Å². The number of hydrogen-bond acceptors (Lipinski definition) is 5. The van der Waals surface area contributed by atoms with Crippen LogP contribution in [0.5, 0.6) is 0 Å². The van der Waals surface area contributed by atoms with E-state index in [4.69, 9.17) is 4.74 Å². The molecule has 0 bridgehead atoms. The standard InChI is InChI=1S/C20H27N5O2/c1-23-18(15-24-10-12-27-13-11-24)21-22-19(23)17-8-5-9-25(14-17)20(26)16-6-3-2-4-7-16/h2-4,6-7,17H,5,8-15H2,1H3/t17-/m0/s1. The lowest BCUT2D eigenvalue weighted by Gasteiger charge is -2.32. The zero-order valence-electron chi connectivity index (χ0n) is 15.9. The SMILES string of the molecule is Cn1c(CN2CCOCC2)nnc1[C@H]1CCCN(C(=O)c2ccccc2)C1. The minimum atomic E-state index is 0.107. The average Bonchev–Trinajstić information content (AvgIpc) is 3.09. The van der Waals surface area contributed by atoms with Crippen molar-refractivity contribution < 1.29 is 9.53 Å². The minimum absolute atomic E-state index is 0.107. The molecule has 1 aromatic carbocycles. The Kier molecular flexibility index (Phi) is 5.50. The fraction of sp³-hybridized carbons (Fsp3) is 0.550. The summed E-state index contributed by atoms with van der Waals surface area (Å²) in [7, 11) is 2.04. The van der Waals surface area contributed by atoms with Gasteiger partial charge in [-0.15, -0.1) is 10.2 Å². The van der Waals surface area contributed by atoms with Gasteiger partial charge in [-0.2, -0.15) is 0 Å². The van der Waals surface area contributed by atoms with Crippen LogP contribution < -0.4 is 0 Å². The van der Waals surface area contributed by atoms with Crippen LogP contribution in [-0.4, -0.2) is 69.9 Å². The smallest absolute Gasteiger partial charge is 0.253 e. The highest BCUT2D eigenvalue weighted by Gasteiger charge is 2.29. The molecule has 0 N–H and O–H groups in total. The van der Waals surface area contributed by atoms with Gasteiger partial charge < -0.3 is 14.2 Å². The molecule has 0 saturated carbocycles. The lowest BCUT2D eigenvalue weighted by atomic mass is 9.96. The maximum Gasteiger partial charge on any atom is 0.253 e. The van der Waals surface area contributed by atoms with E-state index in [-0.39, 0.29) is 11.8 Å². The van der Waals surface area contributed by atoms with Crippen molar-refractivity contribution in [3.05, 3.63) is 47.5 Å². The topological polar surface area (TPSA) is 63.5 Å². The van der Waals surface area contributed by atoms with Gasteiger partial charge in [-0.05, 0) is 25.0 Å². The van der Waals surface area contributed by atoms with Gasteiger partial charge in [0.1, 0.15) is 11.6 Å². The molecule has 144 valence electrons. The van der Waals surface area contributed by atoms with E-state index in [1.807, 2.05) is 42.3 Å². The van der Waals surface area contributed by atoms with Crippen LogP contribution in [0.2, 0.25) is 0 Å². The first-order valence-electron chi connectivity index (χ1n) is 9.75. The molecule has 2 aliphatic heterocycles. The molecule has 27 heavy (non-hydrogen) atoms. The van der Waals surface area contributed by atoms with Crippen molar-refractivity contribution in [3.8, 4) is 0 Å². The summed E-state index contributed by atoms with van der Waals surface area (Å²) in [6.07, 6.45) is 2.04. The van der Waals surface area contributed by atoms with Crippen LogP contribution in [0.25, 0.3) is 0 Å². The molecule has 3 heterocycles. The number of ether oxygens (including phenoxy) is 1. The lowest BCUT2D eigenvalue weighted by molar-refractivity contribution is 0.0326. The monoisotopic (exact) mass is 369 g/mol. The van der Waals surface area contributed by atoms with Crippen LogP contribution in [0.1, 0.15) is 40.8 Å². The third-order valence-corrected chi connectivity index (χ3v) is 5.56. The van der Waals surface area contributed by atoms with E-state index >= 15 is 0 Å². The number of morpholine rings is 1. The Labute approximate surface area is 159 Å². The number of hydrogen-bond donors (Lipinski definition) is 0. The van der Waals surface area contributed by atoms with E-state index in [1.165, 1.54) is 0 Å². The van der Waals surface area contributed by atoms with E-state index in [2.05, 4.69) is 19.7 Å². The Morgan fingerprint density at radius 2 is 1.93 bits per heavy atom. The van der Waals surface area contributed by atoms with Crippen LogP contribution in [-0.2, 0) is 18.3 Å². The summed E-state index contributed by atoms with van der Waals surface area (Å²) in [5, 5.41) is 8.93. The molecule has 0 unspecified atom stereocenters. The second kappa shape index (κ2) is 8.19. The zero-order chi connectivity index (χ0) is 18.6. The predicted octanol–water partition coefficient (Wildman–Crippen LogP) is 1.67. The first-order chi connectivity index (χ1) is 13.2. The molecule has 1 amide bonds. The summed E-state index contributed by atoms with van der Waals surface area (Å²) in [6, 6.07) is 9.53. The van der Waals surface area contributed by atoms with Gasteiger partial charge in [0.05, 0.1) is 19.8 Å². The summed E-state index contributed by atoms with van der Waals surface area (Å²) in [5.41, 5.74) is 0.754. The van der Waals surface area contributed by atoms with Crippen molar-refractivity contribution >= 4 is 5.91 Å². The van der Waals surface area contributed by atoms with Gasteiger partial charge >= 0.3 is 0 Å². The molecule has 0 aliphatic carbocycles. The quantitative estimate of drug-likeness (QED) is 0.820. The van der Waals surface area contributed by atoms with Gasteiger partial charge in [0.25, 0.3) is 5.91 Å². The number of likely N-dealkylation sites (tertiary alicyclic amines) is 1. The van der Waals surface area contributed by atoms with Gasteiger partial charge in [-0.1, -0.05) is 18.2 Å². The molecule has 0 radical (unpaired) electrons. The number of amides is 1. The molecular weight excluding hydrogens is 342 g/mol. The third kappa shape index (κ3) is 4.04. The second-order valence-corrected chi connectivity index (χ2v) is 7.38. The van der Waals surface area contributed by atoms with Crippen molar-refractivity contribution in [2.24, 2.45) is 7.05 Å². The molecule has 2 aliphatic rings. The van der Waals surface area contributed by atoms with Crippen LogP contribution in [0.4, 0.5) is 0 Å². The Bertz CT molecular complexity index is 770. The maximum atomic E-state index is 12.8. The summed E-state index contributed by atoms with van der Waals surface area (Å²) in [5.74, 6) is 2.32. The Hall–Kier alpha value is -2.25. The first-order valence-corrected chi connectivity index (χ1v) is 9.75. The second-order valence-electron chi connectivity index (χ2n) is 7.38. The predicted molar refractivity (Wildman–Crippen MR) is 101 cm³/mol. The molecule has 2 fully saturated rings. The van der Waals surface area contributed by atoms with Crippen LogP contribution >= 0.6 is 0 Å². The Balaban J connectivity index is 1.44. The van der Waals surface area contributed by atoms with Crippen LogP contribution in [0.15, 0.2) is 30.3 Å². The molecule has 2 aromatic rings. The number of carbonyl (C=O) groups excluding carboxylic acids is 1. The fourth-order valence-electron chi connectivity index (χ4n) is 3.96. The van der Waals surface area contributed by atoms with Crippen molar-refractivity contribution in [2.75, 3.05) is 39.4 Å². The number of carbonyl (C=O) groups is 1. The Morgan fingerprint density at radius 1 is 1.15 bits per heavy atom. The Morgan fingerprint density at radius 3 is 2.70 bits per heavy atom. The number of piperidine rings is 1. The summed E-state index contributed by atoms with van der Waals surface area (Å²) < 4.78 is 7.54. The van der Waals surface area contributed by atoms with E-state index in [0.717, 1.165) is 69.4 Å². The highest BCUT2D eigenvalue weighted by Crippen LogP contribution is 2.27. The van der Waals surface area contributed by atoms with Crippen molar-refractivity contribution in [3.63, 3.8) is 0 Å². The number of rotatable bonds is 4. The molecule has 4 rings (SSSR count). The number of benzene rings is 1. The third-order valence-electron chi connectivity index (χ3n) is 5.56. The number of aromatic nitrogens is 3. The van der Waals surface area contributed by atoms with Gasteiger partial charge in [-0.3, -0.25) is 9.69 Å². The largest absolute Gasteiger partial charge is 0.379 e. The molecule has 1 atom stereocenters. The van der Waals surface area contributed by atoms with Crippen molar-refractivity contribution in [1.29, 1.82) is 0 Å². The van der Waals surface area contributed by atoms with E-state index < -0.39 is 0 Å². The minimum Gasteiger partial charge on any atom is -0.379 e. The van der Waals surface area contributed by atoms with Crippen molar-refractivity contribution in [1.82, 2.24) is 24.6 Å². The van der Waals surface area contributed by atoms with E-state index in [1.54, 1.807) is 0 Å². The van der Waals surface area contributed by atoms with Gasteiger partial charge in [0.2, 0.25) is 0 Å². The normalized spacial score (nSPS) is 21.4. The average molecular weight is 369 g/mol.